The van der Waals surface area contributed by atoms with Crippen LogP contribution in [0.4, 0.5) is 0 Å². The number of piperidine rings is 1. The number of likely N-dealkylation sites (tertiary alicyclic amines) is 1. The van der Waals surface area contributed by atoms with Crippen molar-refractivity contribution in [3.8, 4) is 0 Å². The smallest absolute Gasteiger partial charge is 0.244 e. The van der Waals surface area contributed by atoms with Gasteiger partial charge in [0, 0.05) is 20.0 Å². The van der Waals surface area contributed by atoms with Crippen LogP contribution in [0.2, 0.25) is 0 Å². The van der Waals surface area contributed by atoms with Crippen molar-refractivity contribution in [2.24, 2.45) is 0 Å². The summed E-state index contributed by atoms with van der Waals surface area (Å²) in [4.78, 5) is 25.8. The third-order valence-corrected chi connectivity index (χ3v) is 4.66. The molecule has 1 N–H and O–H groups in total. The highest BCUT2D eigenvalue weighted by Gasteiger charge is 2.44. The molecule has 0 bridgehead atoms. The average molecular weight is 324 g/mol. The summed E-state index contributed by atoms with van der Waals surface area (Å²) in [5.74, 6) is -0.561. The Labute approximate surface area is 130 Å². The van der Waals surface area contributed by atoms with Crippen LogP contribution in [0.15, 0.2) is 30.3 Å². The second-order valence-corrected chi connectivity index (χ2v) is 7.41. The summed E-state index contributed by atoms with van der Waals surface area (Å²) >= 11 is 0. The molecule has 1 aliphatic rings. The lowest BCUT2D eigenvalue weighted by atomic mass is 9.72. The predicted molar refractivity (Wildman–Crippen MR) is 82.6 cm³/mol. The molecule has 0 saturated carbocycles. The van der Waals surface area contributed by atoms with E-state index in [1.54, 1.807) is 4.90 Å². The lowest BCUT2D eigenvalue weighted by Crippen LogP contribution is -2.53. The van der Waals surface area contributed by atoms with Crippen molar-refractivity contribution in [2.75, 3.05) is 19.3 Å². The minimum atomic E-state index is -3.63. The first-order chi connectivity index (χ1) is 10.2. The van der Waals surface area contributed by atoms with E-state index in [4.69, 9.17) is 0 Å². The third-order valence-electron chi connectivity index (χ3n) is 4.10. The zero-order valence-corrected chi connectivity index (χ0v) is 13.5. The number of hydrogen-bond acceptors (Lipinski definition) is 4. The summed E-state index contributed by atoms with van der Waals surface area (Å²) in [5.41, 5.74) is -0.143. The maximum atomic E-state index is 12.6. The van der Waals surface area contributed by atoms with E-state index in [-0.39, 0.29) is 5.91 Å². The molecule has 0 aromatic heterocycles. The molecule has 0 unspecified atom stereocenters. The van der Waals surface area contributed by atoms with Gasteiger partial charge in [-0.25, -0.2) is 8.42 Å². The van der Waals surface area contributed by atoms with Gasteiger partial charge in [0.05, 0.1) is 11.7 Å². The third kappa shape index (κ3) is 3.47. The molecule has 0 radical (unpaired) electrons. The van der Waals surface area contributed by atoms with Crippen molar-refractivity contribution in [3.05, 3.63) is 35.9 Å². The molecular formula is C15H20N2O4S. The summed E-state index contributed by atoms with van der Waals surface area (Å²) in [6.45, 7) is 2.36. The number of rotatable bonds is 3. The number of sulfonamides is 1. The van der Waals surface area contributed by atoms with Gasteiger partial charge in [-0.05, 0) is 18.4 Å². The molecule has 1 heterocycles. The summed E-state index contributed by atoms with van der Waals surface area (Å²) in [6, 6.07) is 9.14. The number of carbonyl (C=O) groups excluding carboxylic acids is 2. The molecule has 22 heavy (non-hydrogen) atoms. The maximum Gasteiger partial charge on any atom is 0.244 e. The van der Waals surface area contributed by atoms with E-state index in [2.05, 4.69) is 4.72 Å². The summed E-state index contributed by atoms with van der Waals surface area (Å²) in [5, 5.41) is 0. The SMILES string of the molecule is CC(=O)N1CCC(C(=O)NS(C)(=O)=O)(c2ccccc2)CC1. The highest BCUT2D eigenvalue weighted by molar-refractivity contribution is 7.89. The van der Waals surface area contributed by atoms with Crippen molar-refractivity contribution >= 4 is 21.8 Å². The minimum Gasteiger partial charge on any atom is -0.343 e. The van der Waals surface area contributed by atoms with Gasteiger partial charge in [0.15, 0.2) is 0 Å². The molecule has 1 aromatic rings. The Hall–Kier alpha value is -1.89. The van der Waals surface area contributed by atoms with Gasteiger partial charge in [-0.3, -0.25) is 14.3 Å². The molecule has 1 saturated heterocycles. The topological polar surface area (TPSA) is 83.6 Å². The maximum absolute atomic E-state index is 12.6. The van der Waals surface area contributed by atoms with Crippen LogP contribution in [0.1, 0.15) is 25.3 Å². The number of benzene rings is 1. The van der Waals surface area contributed by atoms with Crippen LogP contribution < -0.4 is 4.72 Å². The first-order valence-corrected chi connectivity index (χ1v) is 8.97. The van der Waals surface area contributed by atoms with Crippen LogP contribution in [0.3, 0.4) is 0 Å². The fourth-order valence-corrected chi connectivity index (χ4v) is 3.41. The monoisotopic (exact) mass is 324 g/mol. The second-order valence-electron chi connectivity index (χ2n) is 5.66. The van der Waals surface area contributed by atoms with Crippen LogP contribution in [0.5, 0.6) is 0 Å². The van der Waals surface area contributed by atoms with Crippen molar-refractivity contribution in [1.82, 2.24) is 9.62 Å². The van der Waals surface area contributed by atoms with Gasteiger partial charge in [-0.15, -0.1) is 0 Å². The number of hydrogen-bond donors (Lipinski definition) is 1. The first-order valence-electron chi connectivity index (χ1n) is 7.08. The molecule has 6 nitrogen and oxygen atoms in total. The van der Waals surface area contributed by atoms with E-state index in [9.17, 15) is 18.0 Å². The van der Waals surface area contributed by atoms with Gasteiger partial charge >= 0.3 is 0 Å². The van der Waals surface area contributed by atoms with Gasteiger partial charge in [0.25, 0.3) is 0 Å². The van der Waals surface area contributed by atoms with E-state index in [1.807, 2.05) is 30.3 Å². The van der Waals surface area contributed by atoms with Gasteiger partial charge in [-0.2, -0.15) is 0 Å². The molecule has 1 fully saturated rings. The molecule has 2 amide bonds. The number of carbonyl (C=O) groups is 2. The molecule has 7 heteroatoms. The van der Waals surface area contributed by atoms with E-state index in [1.165, 1.54) is 6.92 Å². The summed E-state index contributed by atoms with van der Waals surface area (Å²) < 4.78 is 25.0. The van der Waals surface area contributed by atoms with E-state index in [0.29, 0.717) is 25.9 Å². The Morgan fingerprint density at radius 1 is 1.14 bits per heavy atom. The van der Waals surface area contributed by atoms with E-state index in [0.717, 1.165) is 11.8 Å². The zero-order valence-electron chi connectivity index (χ0n) is 12.7. The molecule has 0 atom stereocenters. The van der Waals surface area contributed by atoms with E-state index < -0.39 is 21.3 Å². The normalized spacial score (nSPS) is 17.8. The molecule has 2 rings (SSSR count). The fraction of sp³-hybridized carbons (Fsp3) is 0.467. The Balaban J connectivity index is 2.35. The Morgan fingerprint density at radius 3 is 2.14 bits per heavy atom. The lowest BCUT2D eigenvalue weighted by Gasteiger charge is -2.40. The fourth-order valence-electron chi connectivity index (χ4n) is 2.87. The van der Waals surface area contributed by atoms with Crippen LogP contribution in [0.25, 0.3) is 0 Å². The standard InChI is InChI=1S/C15H20N2O4S/c1-12(18)17-10-8-15(9-11-17,13-6-4-3-5-7-13)14(19)16-22(2,20)21/h3-7H,8-11H2,1-2H3,(H,16,19). The second kappa shape index (κ2) is 6.08. The molecular weight excluding hydrogens is 304 g/mol. The van der Waals surface area contributed by atoms with Crippen molar-refractivity contribution in [3.63, 3.8) is 0 Å². The summed E-state index contributed by atoms with van der Waals surface area (Å²) in [6.07, 6.45) is 1.77. The van der Waals surface area contributed by atoms with Gasteiger partial charge in [0.1, 0.15) is 0 Å². The van der Waals surface area contributed by atoms with Crippen molar-refractivity contribution < 1.29 is 18.0 Å². The van der Waals surface area contributed by atoms with Gasteiger partial charge < -0.3 is 4.90 Å². The molecule has 0 aliphatic carbocycles. The molecule has 0 spiro atoms. The molecule has 120 valence electrons. The van der Waals surface area contributed by atoms with Crippen LogP contribution >= 0.6 is 0 Å². The Bertz CT molecular complexity index is 662. The molecule has 1 aromatic carbocycles. The van der Waals surface area contributed by atoms with Crippen LogP contribution in [-0.2, 0) is 25.0 Å². The van der Waals surface area contributed by atoms with Crippen molar-refractivity contribution in [1.29, 1.82) is 0 Å². The Kier molecular flexibility index (Phi) is 4.55. The average Bonchev–Trinajstić information content (AvgIpc) is 2.46. The zero-order chi connectivity index (χ0) is 16.4. The van der Waals surface area contributed by atoms with Gasteiger partial charge in [0.2, 0.25) is 21.8 Å². The van der Waals surface area contributed by atoms with E-state index >= 15 is 0 Å². The quantitative estimate of drug-likeness (QED) is 0.884. The Morgan fingerprint density at radius 2 is 1.68 bits per heavy atom. The minimum absolute atomic E-state index is 0.0369. The lowest BCUT2D eigenvalue weighted by molar-refractivity contribution is -0.134. The highest BCUT2D eigenvalue weighted by atomic mass is 32.2. The van der Waals surface area contributed by atoms with Crippen molar-refractivity contribution in [2.45, 2.75) is 25.2 Å². The first kappa shape index (κ1) is 16.5. The summed E-state index contributed by atoms with van der Waals surface area (Å²) in [7, 11) is -3.63. The predicted octanol–water partition coefficient (Wildman–Crippen LogP) is 0.643. The number of amides is 2. The van der Waals surface area contributed by atoms with Gasteiger partial charge in [-0.1, -0.05) is 30.3 Å². The number of nitrogens with one attached hydrogen (secondary N) is 1. The highest BCUT2D eigenvalue weighted by Crippen LogP contribution is 2.36. The van der Waals surface area contributed by atoms with Crippen LogP contribution in [-0.4, -0.2) is 44.5 Å². The molecule has 1 aliphatic heterocycles. The number of nitrogens with zero attached hydrogens (tertiary/aromatic N) is 1. The largest absolute Gasteiger partial charge is 0.343 e. The van der Waals surface area contributed by atoms with Crippen LogP contribution in [0, 0.1) is 0 Å².